The van der Waals surface area contributed by atoms with Crippen LogP contribution < -0.4 is 16.0 Å². The average molecular weight is 591 g/mol. The van der Waals surface area contributed by atoms with E-state index in [9.17, 15) is 24.3 Å². The summed E-state index contributed by atoms with van der Waals surface area (Å²) in [7, 11) is 0. The quantitative estimate of drug-likeness (QED) is 0.295. The molecule has 4 amide bonds. The minimum absolute atomic E-state index is 0.00503. The van der Waals surface area contributed by atoms with Crippen molar-refractivity contribution in [2.24, 2.45) is 0 Å². The fourth-order valence-electron chi connectivity index (χ4n) is 5.16. The van der Waals surface area contributed by atoms with Gasteiger partial charge in [-0.1, -0.05) is 29.8 Å². The minimum atomic E-state index is -0.574. The number of aromatic hydroxyl groups is 1. The summed E-state index contributed by atoms with van der Waals surface area (Å²) in [5.41, 5.74) is 1.13. The summed E-state index contributed by atoms with van der Waals surface area (Å²) in [6.45, 7) is 3.63. The van der Waals surface area contributed by atoms with Crippen LogP contribution in [0.25, 0.3) is 0 Å². The van der Waals surface area contributed by atoms with E-state index in [0.717, 1.165) is 18.5 Å². The highest BCUT2D eigenvalue weighted by molar-refractivity contribution is 6.30. The molecule has 2 aliphatic heterocycles. The average Bonchev–Trinajstić information content (AvgIpc) is 2.99. The number of amides is 4. The molecule has 0 radical (unpaired) electrons. The Kier molecular flexibility index (Phi) is 8.99. The second kappa shape index (κ2) is 13.0. The lowest BCUT2D eigenvalue weighted by Gasteiger charge is -2.35. The molecule has 12 heteroatoms. The van der Waals surface area contributed by atoms with Crippen molar-refractivity contribution in [2.45, 2.75) is 18.8 Å². The van der Waals surface area contributed by atoms with E-state index in [-0.39, 0.29) is 40.6 Å². The number of likely N-dealkylation sites (tertiary alicyclic amines) is 1. The maximum Gasteiger partial charge on any atom is 0.259 e. The number of benzene rings is 2. The van der Waals surface area contributed by atoms with Crippen LogP contribution >= 0.6 is 11.6 Å². The van der Waals surface area contributed by atoms with Gasteiger partial charge in [0, 0.05) is 44.5 Å². The Morgan fingerprint density at radius 3 is 2.55 bits per heavy atom. The molecule has 1 aromatic heterocycles. The molecule has 11 nitrogen and oxygen atoms in total. The predicted octanol–water partition coefficient (Wildman–Crippen LogP) is 3.08. The van der Waals surface area contributed by atoms with Crippen LogP contribution in [-0.2, 0) is 9.59 Å². The minimum Gasteiger partial charge on any atom is -0.506 e. The zero-order chi connectivity index (χ0) is 29.6. The molecule has 1 unspecified atom stereocenters. The van der Waals surface area contributed by atoms with Gasteiger partial charge < -0.3 is 26.0 Å². The van der Waals surface area contributed by atoms with E-state index in [2.05, 4.69) is 25.8 Å². The van der Waals surface area contributed by atoms with Crippen LogP contribution in [0, 0.1) is 0 Å². The molecule has 0 aliphatic carbocycles. The lowest BCUT2D eigenvalue weighted by atomic mass is 9.89. The van der Waals surface area contributed by atoms with Crippen LogP contribution in [0.2, 0.25) is 5.02 Å². The van der Waals surface area contributed by atoms with Crippen LogP contribution in [-0.4, -0.2) is 82.8 Å². The van der Waals surface area contributed by atoms with Crippen molar-refractivity contribution in [3.8, 4) is 5.75 Å². The van der Waals surface area contributed by atoms with Crippen molar-refractivity contribution in [3.63, 3.8) is 0 Å². The Bertz CT molecular complexity index is 1480. The molecule has 3 heterocycles. The molecule has 218 valence electrons. The first-order valence-corrected chi connectivity index (χ1v) is 14.1. The number of phenols is 1. The van der Waals surface area contributed by atoms with Crippen molar-refractivity contribution >= 4 is 46.7 Å². The van der Waals surface area contributed by atoms with Crippen LogP contribution in [0.4, 0.5) is 11.5 Å². The van der Waals surface area contributed by atoms with Gasteiger partial charge in [0.1, 0.15) is 11.6 Å². The number of phenolic OH excluding ortho intramolecular Hbond substituents is 1. The smallest absolute Gasteiger partial charge is 0.259 e. The summed E-state index contributed by atoms with van der Waals surface area (Å²) in [6, 6.07) is 14.2. The van der Waals surface area contributed by atoms with Crippen LogP contribution in [0.1, 0.15) is 45.0 Å². The maximum absolute atomic E-state index is 13.3. The molecular formula is C30H31ClN6O5. The number of piperazine rings is 1. The Labute approximate surface area is 247 Å². The second-order valence-electron chi connectivity index (χ2n) is 10.2. The zero-order valence-corrected chi connectivity index (χ0v) is 23.6. The van der Waals surface area contributed by atoms with E-state index in [4.69, 9.17) is 11.6 Å². The topological polar surface area (TPSA) is 144 Å². The number of rotatable bonds is 8. The second-order valence-corrected chi connectivity index (χ2v) is 10.7. The lowest BCUT2D eigenvalue weighted by Crippen LogP contribution is -2.51. The Hall–Kier alpha value is -4.48. The first-order valence-electron chi connectivity index (χ1n) is 13.7. The van der Waals surface area contributed by atoms with Gasteiger partial charge in [0.25, 0.3) is 11.8 Å². The number of hydrogen-bond donors (Lipinski definition) is 4. The van der Waals surface area contributed by atoms with Gasteiger partial charge in [0.2, 0.25) is 11.8 Å². The van der Waals surface area contributed by atoms with Gasteiger partial charge in [-0.25, -0.2) is 4.98 Å². The van der Waals surface area contributed by atoms with E-state index in [0.29, 0.717) is 49.7 Å². The lowest BCUT2D eigenvalue weighted by molar-refractivity contribution is -0.135. The zero-order valence-electron chi connectivity index (χ0n) is 22.8. The molecule has 0 spiro atoms. The summed E-state index contributed by atoms with van der Waals surface area (Å²) in [6.07, 6.45) is 2.97. The molecule has 0 bridgehead atoms. The number of carbonyl (C=O) groups is 4. The van der Waals surface area contributed by atoms with Crippen molar-refractivity contribution in [3.05, 3.63) is 82.5 Å². The van der Waals surface area contributed by atoms with Gasteiger partial charge in [-0.15, -0.1) is 0 Å². The molecule has 0 saturated carbocycles. The fourth-order valence-corrected chi connectivity index (χ4v) is 5.27. The predicted molar refractivity (Wildman–Crippen MR) is 158 cm³/mol. The fraction of sp³-hybridized carbons (Fsp3) is 0.300. The van der Waals surface area contributed by atoms with E-state index in [1.54, 1.807) is 30.3 Å². The van der Waals surface area contributed by atoms with Gasteiger partial charge in [0.05, 0.1) is 28.7 Å². The summed E-state index contributed by atoms with van der Waals surface area (Å²) in [5, 5.41) is 18.9. The first kappa shape index (κ1) is 29.0. The van der Waals surface area contributed by atoms with Crippen molar-refractivity contribution in [1.29, 1.82) is 0 Å². The maximum atomic E-state index is 13.3. The number of nitrogens with zero attached hydrogens (tertiary/aromatic N) is 3. The summed E-state index contributed by atoms with van der Waals surface area (Å²) in [5.74, 6) is -1.37. The van der Waals surface area contributed by atoms with Crippen LogP contribution in [0.15, 0.2) is 60.8 Å². The number of nitrogens with one attached hydrogen (secondary N) is 3. The third-order valence-corrected chi connectivity index (χ3v) is 7.63. The van der Waals surface area contributed by atoms with Crippen LogP contribution in [0.3, 0.4) is 0 Å². The monoisotopic (exact) mass is 590 g/mol. The number of halogens is 1. The molecule has 4 N–H and O–H groups in total. The molecule has 2 saturated heterocycles. The summed E-state index contributed by atoms with van der Waals surface area (Å²) in [4.78, 5) is 58.9. The van der Waals surface area contributed by atoms with Gasteiger partial charge >= 0.3 is 0 Å². The van der Waals surface area contributed by atoms with Crippen molar-refractivity contribution in [2.75, 3.05) is 49.9 Å². The van der Waals surface area contributed by atoms with Gasteiger partial charge in [-0.3, -0.25) is 24.1 Å². The highest BCUT2D eigenvalue weighted by Gasteiger charge is 2.30. The SMILES string of the molecule is O=C1CN(CCN2CCCC(c3ccc(C(=O)Nc4c(O)cccc4C(=O)Nc4ccc(Cl)cn4)cc3)C2=O)CCN1. The normalized spacial score (nSPS) is 17.5. The van der Waals surface area contributed by atoms with Gasteiger partial charge in [-0.05, 0) is 54.8 Å². The van der Waals surface area contributed by atoms with E-state index in [1.165, 1.54) is 30.5 Å². The summed E-state index contributed by atoms with van der Waals surface area (Å²) >= 11 is 5.85. The summed E-state index contributed by atoms with van der Waals surface area (Å²) < 4.78 is 0. The van der Waals surface area contributed by atoms with Gasteiger partial charge in [-0.2, -0.15) is 0 Å². The molecular weight excluding hydrogens is 560 g/mol. The third-order valence-electron chi connectivity index (χ3n) is 7.40. The Morgan fingerprint density at radius 2 is 1.81 bits per heavy atom. The first-order chi connectivity index (χ1) is 20.3. The molecule has 2 aromatic carbocycles. The Morgan fingerprint density at radius 1 is 1.00 bits per heavy atom. The number of aromatic nitrogens is 1. The van der Waals surface area contributed by atoms with E-state index < -0.39 is 11.8 Å². The molecule has 5 rings (SSSR count). The number of anilines is 2. The highest BCUT2D eigenvalue weighted by Crippen LogP contribution is 2.30. The standard InChI is InChI=1S/C30H31ClN6O5/c31-21-10-11-25(33-17-21)34-29(41)23-3-1-5-24(38)27(23)35-28(40)20-8-6-19(7-9-20)22-4-2-13-37(30(22)42)16-15-36-14-12-32-26(39)18-36/h1,3,5-11,17,22,38H,2,4,12-16,18H2,(H,32,39)(H,35,40)(H,33,34,41). The Balaban J connectivity index is 1.23. The van der Waals surface area contributed by atoms with Crippen LogP contribution in [0.5, 0.6) is 5.75 Å². The molecule has 42 heavy (non-hydrogen) atoms. The van der Waals surface area contributed by atoms with Gasteiger partial charge in [0.15, 0.2) is 0 Å². The molecule has 2 fully saturated rings. The van der Waals surface area contributed by atoms with Crippen molar-refractivity contribution in [1.82, 2.24) is 20.1 Å². The van der Waals surface area contributed by atoms with Crippen molar-refractivity contribution < 1.29 is 24.3 Å². The number of para-hydroxylation sites is 1. The third kappa shape index (κ3) is 6.87. The van der Waals surface area contributed by atoms with E-state index in [1.807, 2.05) is 4.90 Å². The van der Waals surface area contributed by atoms with E-state index >= 15 is 0 Å². The molecule has 2 aliphatic rings. The number of carbonyl (C=O) groups excluding carboxylic acids is 4. The highest BCUT2D eigenvalue weighted by atomic mass is 35.5. The number of piperidine rings is 1. The number of pyridine rings is 1. The molecule has 3 aromatic rings. The molecule has 1 atom stereocenters. The largest absolute Gasteiger partial charge is 0.506 e. The number of hydrogen-bond acceptors (Lipinski definition) is 7.